The van der Waals surface area contributed by atoms with Crippen LogP contribution in [0.2, 0.25) is 0 Å². The van der Waals surface area contributed by atoms with Crippen LogP contribution in [0.4, 0.5) is 0 Å². The predicted molar refractivity (Wildman–Crippen MR) is 110 cm³/mol. The number of amides is 2. The first-order valence-electron chi connectivity index (χ1n) is 10.3. The summed E-state index contributed by atoms with van der Waals surface area (Å²) in [5.41, 5.74) is 2.16. The summed E-state index contributed by atoms with van der Waals surface area (Å²) in [5.74, 6) is 0.154. The monoisotopic (exact) mass is 393 g/mol. The Morgan fingerprint density at radius 2 is 1.83 bits per heavy atom. The Kier molecular flexibility index (Phi) is 5.62. The molecule has 1 aromatic heterocycles. The fourth-order valence-corrected chi connectivity index (χ4v) is 3.90. The van der Waals surface area contributed by atoms with E-state index in [1.807, 2.05) is 48.2 Å². The summed E-state index contributed by atoms with van der Waals surface area (Å²) in [4.78, 5) is 31.5. The lowest BCUT2D eigenvalue weighted by atomic mass is 9.90. The summed E-state index contributed by atoms with van der Waals surface area (Å²) in [6.07, 6.45) is 5.90. The minimum Gasteiger partial charge on any atom is -0.361 e. The lowest BCUT2D eigenvalue weighted by molar-refractivity contribution is -0.166. The standard InChI is InChI=1S/C23H27N3O3/c1-2-25-22(28)23(16-26(13-14-29-23)21(27)20-7-8-20)15-17-3-5-18(6-4-17)19-9-11-24-12-10-19/h3-6,9-12,20H,2,7-8,13-16H2,1H3,(H,25,28). The lowest BCUT2D eigenvalue weighted by Crippen LogP contribution is -2.62. The first-order valence-corrected chi connectivity index (χ1v) is 10.3. The van der Waals surface area contributed by atoms with E-state index in [-0.39, 0.29) is 17.7 Å². The van der Waals surface area contributed by atoms with Crippen molar-refractivity contribution in [3.8, 4) is 11.1 Å². The topological polar surface area (TPSA) is 71.5 Å². The highest BCUT2D eigenvalue weighted by Gasteiger charge is 2.46. The zero-order valence-corrected chi connectivity index (χ0v) is 16.8. The van der Waals surface area contributed by atoms with E-state index in [1.54, 1.807) is 12.4 Å². The Hall–Kier alpha value is -2.73. The van der Waals surface area contributed by atoms with E-state index in [2.05, 4.69) is 10.3 Å². The molecule has 6 nitrogen and oxygen atoms in total. The largest absolute Gasteiger partial charge is 0.361 e. The van der Waals surface area contributed by atoms with Crippen molar-refractivity contribution in [3.05, 3.63) is 54.4 Å². The van der Waals surface area contributed by atoms with Crippen LogP contribution in [0.25, 0.3) is 11.1 Å². The van der Waals surface area contributed by atoms with Crippen LogP contribution in [0, 0.1) is 5.92 Å². The number of rotatable bonds is 6. The van der Waals surface area contributed by atoms with Gasteiger partial charge in [-0.15, -0.1) is 0 Å². The van der Waals surface area contributed by atoms with Crippen LogP contribution < -0.4 is 5.32 Å². The number of morpholine rings is 1. The number of nitrogens with zero attached hydrogens (tertiary/aromatic N) is 2. The molecule has 1 unspecified atom stereocenters. The number of nitrogens with one attached hydrogen (secondary N) is 1. The van der Waals surface area contributed by atoms with Crippen molar-refractivity contribution >= 4 is 11.8 Å². The van der Waals surface area contributed by atoms with Gasteiger partial charge in [0, 0.05) is 37.8 Å². The molecule has 2 amide bonds. The number of ether oxygens (including phenoxy) is 1. The zero-order valence-electron chi connectivity index (χ0n) is 16.8. The summed E-state index contributed by atoms with van der Waals surface area (Å²) < 4.78 is 6.07. The molecule has 0 bridgehead atoms. The number of aromatic nitrogens is 1. The van der Waals surface area contributed by atoms with Gasteiger partial charge in [-0.1, -0.05) is 24.3 Å². The third-order valence-electron chi connectivity index (χ3n) is 5.63. The summed E-state index contributed by atoms with van der Waals surface area (Å²) in [6, 6.07) is 12.1. The number of benzene rings is 1. The molecule has 152 valence electrons. The molecule has 2 heterocycles. The van der Waals surface area contributed by atoms with Crippen molar-refractivity contribution in [2.45, 2.75) is 31.8 Å². The van der Waals surface area contributed by atoms with Gasteiger partial charge in [-0.3, -0.25) is 14.6 Å². The number of hydrogen-bond donors (Lipinski definition) is 1. The Morgan fingerprint density at radius 3 is 2.48 bits per heavy atom. The van der Waals surface area contributed by atoms with Gasteiger partial charge in [0.05, 0.1) is 13.2 Å². The van der Waals surface area contributed by atoms with E-state index in [1.165, 1.54) is 0 Å². The Bertz CT molecular complexity index is 865. The second-order valence-corrected chi connectivity index (χ2v) is 7.85. The highest BCUT2D eigenvalue weighted by atomic mass is 16.5. The SMILES string of the molecule is CCNC(=O)C1(Cc2ccc(-c3ccncc3)cc2)CN(C(=O)C2CC2)CCO1. The Morgan fingerprint density at radius 1 is 1.14 bits per heavy atom. The highest BCUT2D eigenvalue weighted by Crippen LogP contribution is 2.33. The molecule has 2 aliphatic rings. The molecule has 1 saturated heterocycles. The first kappa shape index (κ1) is 19.6. The maximum Gasteiger partial charge on any atom is 0.254 e. The normalized spacial score (nSPS) is 21.6. The number of hydrogen-bond acceptors (Lipinski definition) is 4. The van der Waals surface area contributed by atoms with Crippen molar-refractivity contribution < 1.29 is 14.3 Å². The van der Waals surface area contributed by atoms with E-state index >= 15 is 0 Å². The molecule has 2 fully saturated rings. The molecule has 1 aliphatic heterocycles. The van der Waals surface area contributed by atoms with Gasteiger partial charge in [0.15, 0.2) is 5.60 Å². The highest BCUT2D eigenvalue weighted by molar-refractivity contribution is 5.88. The molecule has 2 aromatic rings. The van der Waals surface area contributed by atoms with Crippen molar-refractivity contribution in [1.29, 1.82) is 0 Å². The summed E-state index contributed by atoms with van der Waals surface area (Å²) in [5, 5.41) is 2.91. The zero-order chi connectivity index (χ0) is 20.3. The summed E-state index contributed by atoms with van der Waals surface area (Å²) >= 11 is 0. The number of pyridine rings is 1. The summed E-state index contributed by atoms with van der Waals surface area (Å²) in [6.45, 7) is 3.66. The van der Waals surface area contributed by atoms with Crippen molar-refractivity contribution in [3.63, 3.8) is 0 Å². The van der Waals surface area contributed by atoms with Gasteiger partial charge in [0.1, 0.15) is 0 Å². The Balaban J connectivity index is 1.55. The van der Waals surface area contributed by atoms with E-state index in [0.717, 1.165) is 29.5 Å². The molecular formula is C23H27N3O3. The fourth-order valence-electron chi connectivity index (χ4n) is 3.90. The molecule has 1 saturated carbocycles. The maximum atomic E-state index is 13.0. The van der Waals surface area contributed by atoms with Crippen LogP contribution in [0.5, 0.6) is 0 Å². The van der Waals surface area contributed by atoms with E-state index in [4.69, 9.17) is 4.74 Å². The summed E-state index contributed by atoms with van der Waals surface area (Å²) in [7, 11) is 0. The molecule has 1 aromatic carbocycles. The lowest BCUT2D eigenvalue weighted by Gasteiger charge is -2.41. The van der Waals surface area contributed by atoms with Gasteiger partial charge in [0.25, 0.3) is 5.91 Å². The van der Waals surface area contributed by atoms with Crippen molar-refractivity contribution in [2.75, 3.05) is 26.2 Å². The molecule has 1 atom stereocenters. The smallest absolute Gasteiger partial charge is 0.254 e. The third kappa shape index (κ3) is 4.32. The molecular weight excluding hydrogens is 366 g/mol. The van der Waals surface area contributed by atoms with Crippen molar-refractivity contribution in [1.82, 2.24) is 15.2 Å². The molecule has 6 heteroatoms. The second-order valence-electron chi connectivity index (χ2n) is 7.85. The van der Waals surface area contributed by atoms with Gasteiger partial charge in [-0.25, -0.2) is 0 Å². The number of carbonyl (C=O) groups is 2. The molecule has 4 rings (SSSR count). The molecule has 0 radical (unpaired) electrons. The molecule has 0 spiro atoms. The minimum atomic E-state index is -1.04. The van der Waals surface area contributed by atoms with Gasteiger partial charge in [-0.05, 0) is 48.6 Å². The van der Waals surface area contributed by atoms with Crippen LogP contribution in [0.3, 0.4) is 0 Å². The van der Waals surface area contributed by atoms with Crippen LogP contribution in [0.1, 0.15) is 25.3 Å². The quantitative estimate of drug-likeness (QED) is 0.818. The average molecular weight is 393 g/mol. The Labute approximate surface area is 171 Å². The van der Waals surface area contributed by atoms with Crippen molar-refractivity contribution in [2.24, 2.45) is 5.92 Å². The van der Waals surface area contributed by atoms with Crippen LogP contribution in [0.15, 0.2) is 48.8 Å². The maximum absolute atomic E-state index is 13.0. The number of likely N-dealkylation sites (N-methyl/N-ethyl adjacent to an activating group) is 1. The molecule has 29 heavy (non-hydrogen) atoms. The van der Waals surface area contributed by atoms with E-state index in [9.17, 15) is 9.59 Å². The van der Waals surface area contributed by atoms with Crippen LogP contribution in [-0.2, 0) is 20.7 Å². The van der Waals surface area contributed by atoms with Crippen LogP contribution >= 0.6 is 0 Å². The van der Waals surface area contributed by atoms with E-state index in [0.29, 0.717) is 32.7 Å². The van der Waals surface area contributed by atoms with Gasteiger partial charge < -0.3 is 15.0 Å². The first-order chi connectivity index (χ1) is 14.1. The number of carbonyl (C=O) groups excluding carboxylic acids is 2. The third-order valence-corrected chi connectivity index (χ3v) is 5.63. The molecule has 1 aliphatic carbocycles. The van der Waals surface area contributed by atoms with E-state index < -0.39 is 5.60 Å². The fraction of sp³-hybridized carbons (Fsp3) is 0.435. The minimum absolute atomic E-state index is 0.139. The molecule has 1 N–H and O–H groups in total. The second kappa shape index (κ2) is 8.33. The van der Waals surface area contributed by atoms with Gasteiger partial charge >= 0.3 is 0 Å². The van der Waals surface area contributed by atoms with Gasteiger partial charge in [-0.2, -0.15) is 0 Å². The van der Waals surface area contributed by atoms with Crippen LogP contribution in [-0.4, -0.2) is 53.5 Å². The predicted octanol–water partition coefficient (Wildman–Crippen LogP) is 2.43. The average Bonchev–Trinajstić information content (AvgIpc) is 3.60. The van der Waals surface area contributed by atoms with Gasteiger partial charge in [0.2, 0.25) is 5.91 Å².